The molecule has 196 valence electrons. The van der Waals surface area contributed by atoms with Crippen molar-refractivity contribution < 1.29 is 23.8 Å². The summed E-state index contributed by atoms with van der Waals surface area (Å²) in [4.78, 5) is 21.7. The predicted molar refractivity (Wildman–Crippen MR) is 146 cm³/mol. The number of hydrogen-bond acceptors (Lipinski definition) is 5. The molecule has 0 saturated heterocycles. The molecule has 0 spiro atoms. The Kier molecular flexibility index (Phi) is 14.6. The molecule has 0 N–H and O–H groups in total. The Labute approximate surface area is 217 Å². The van der Waals surface area contributed by atoms with Crippen molar-refractivity contribution in [2.24, 2.45) is 0 Å². The molecular formula is C31H42O5. The molecule has 0 aliphatic heterocycles. The number of esters is 1. The summed E-state index contributed by atoms with van der Waals surface area (Å²) in [7, 11) is 0. The second-order valence-electron chi connectivity index (χ2n) is 8.27. The minimum atomic E-state index is -0.271. The lowest BCUT2D eigenvalue weighted by molar-refractivity contribution is -0.141. The van der Waals surface area contributed by atoms with Crippen molar-refractivity contribution in [2.75, 3.05) is 13.2 Å². The van der Waals surface area contributed by atoms with Gasteiger partial charge in [-0.1, -0.05) is 51.5 Å². The van der Waals surface area contributed by atoms with E-state index in [0.29, 0.717) is 31.8 Å². The average molecular weight is 495 g/mol. The lowest BCUT2D eigenvalue weighted by Crippen LogP contribution is -2.06. The Hall–Kier alpha value is -3.34. The Morgan fingerprint density at radius 2 is 1.67 bits per heavy atom. The lowest BCUT2D eigenvalue weighted by atomic mass is 9.88. The number of carbonyl (C=O) groups is 2. The molecule has 1 atom stereocenters. The minimum absolute atomic E-state index is 0.205. The van der Waals surface area contributed by atoms with Gasteiger partial charge in [0.1, 0.15) is 24.4 Å². The topological polar surface area (TPSA) is 61.8 Å². The van der Waals surface area contributed by atoms with Crippen molar-refractivity contribution in [1.82, 2.24) is 0 Å². The maximum atomic E-state index is 10.9. The molecule has 0 fully saturated rings. The zero-order valence-electron chi connectivity index (χ0n) is 22.9. The number of hydrogen-bond donors (Lipinski definition) is 0. The monoisotopic (exact) mass is 494 g/mol. The largest absolute Gasteiger partial charge is 0.494 e. The van der Waals surface area contributed by atoms with Crippen molar-refractivity contribution in [1.29, 1.82) is 0 Å². The second-order valence-corrected chi connectivity index (χ2v) is 8.27. The van der Waals surface area contributed by atoms with E-state index in [2.05, 4.69) is 58.0 Å². The van der Waals surface area contributed by atoms with Crippen LogP contribution in [0.25, 0.3) is 0 Å². The van der Waals surface area contributed by atoms with E-state index >= 15 is 0 Å². The summed E-state index contributed by atoms with van der Waals surface area (Å²) in [5, 5.41) is 0. The zero-order valence-corrected chi connectivity index (χ0v) is 22.9. The molecule has 2 aromatic rings. The van der Waals surface area contributed by atoms with Crippen molar-refractivity contribution in [3.63, 3.8) is 0 Å². The number of benzene rings is 2. The van der Waals surface area contributed by atoms with Gasteiger partial charge in [-0.2, -0.15) is 0 Å². The van der Waals surface area contributed by atoms with Crippen molar-refractivity contribution in [2.45, 2.75) is 73.8 Å². The first-order valence-electron chi connectivity index (χ1n) is 12.8. The van der Waals surface area contributed by atoms with Crippen LogP contribution in [-0.4, -0.2) is 25.5 Å². The van der Waals surface area contributed by atoms with Gasteiger partial charge in [0, 0.05) is 24.8 Å². The molecule has 0 heterocycles. The van der Waals surface area contributed by atoms with E-state index in [9.17, 15) is 9.59 Å². The Morgan fingerprint density at radius 3 is 2.28 bits per heavy atom. The highest BCUT2D eigenvalue weighted by Gasteiger charge is 2.14. The van der Waals surface area contributed by atoms with Gasteiger partial charge in [0.25, 0.3) is 0 Å². The summed E-state index contributed by atoms with van der Waals surface area (Å²) in [6.07, 6.45) is 6.51. The van der Waals surface area contributed by atoms with Crippen LogP contribution < -0.4 is 4.74 Å². The first-order valence-corrected chi connectivity index (χ1v) is 12.8. The number of ether oxygens (including phenoxy) is 3. The molecule has 5 heteroatoms. The highest BCUT2D eigenvalue weighted by Crippen LogP contribution is 2.29. The maximum Gasteiger partial charge on any atom is 0.302 e. The molecule has 5 nitrogen and oxygen atoms in total. The molecule has 0 aliphatic carbocycles. The smallest absolute Gasteiger partial charge is 0.302 e. The van der Waals surface area contributed by atoms with Crippen LogP contribution in [0, 0.1) is 6.92 Å². The first kappa shape index (κ1) is 30.7. The molecule has 0 bridgehead atoms. The second kappa shape index (κ2) is 17.1. The van der Waals surface area contributed by atoms with Crippen LogP contribution in [0.5, 0.6) is 5.75 Å². The average Bonchev–Trinajstić information content (AvgIpc) is 2.88. The van der Waals surface area contributed by atoms with Crippen LogP contribution in [0.1, 0.15) is 87.4 Å². The highest BCUT2D eigenvalue weighted by molar-refractivity contribution is 5.74. The van der Waals surface area contributed by atoms with E-state index in [1.165, 1.54) is 23.6 Å². The van der Waals surface area contributed by atoms with Gasteiger partial charge in [-0.25, -0.2) is 0 Å². The third-order valence-corrected chi connectivity index (χ3v) is 5.69. The van der Waals surface area contributed by atoms with Gasteiger partial charge in [0.05, 0.1) is 13.2 Å². The van der Waals surface area contributed by atoms with E-state index in [1.54, 1.807) is 12.1 Å². The zero-order chi connectivity index (χ0) is 26.9. The highest BCUT2D eigenvalue weighted by atomic mass is 16.5. The fourth-order valence-corrected chi connectivity index (χ4v) is 3.55. The van der Waals surface area contributed by atoms with Gasteiger partial charge in [-0.3, -0.25) is 9.59 Å². The van der Waals surface area contributed by atoms with Gasteiger partial charge in [-0.05, 0) is 73.4 Å². The standard InChI is InChI=1S/C29H36O5.C2H6/c1-6-9-28(33-17-8-16-32-24(5)31)18-21(2)22(3)29-11-7-10-26(23(29)4)20-34-27-14-12-25(19-30)13-15-27;1-2/h7,9-15,18-19,22H,6,8,16-17,20H2,1-5H3;1-2H3/b21-18-,28-9+;. The van der Waals surface area contributed by atoms with Crippen LogP contribution in [0.15, 0.2) is 65.9 Å². The molecule has 1 unspecified atom stereocenters. The number of allylic oxidation sites excluding steroid dienone is 3. The Balaban J connectivity index is 0.00000316. The van der Waals surface area contributed by atoms with E-state index in [1.807, 2.05) is 26.0 Å². The van der Waals surface area contributed by atoms with Crippen LogP contribution >= 0.6 is 0 Å². The number of carbonyl (C=O) groups excluding carboxylic acids is 2. The molecule has 0 aliphatic rings. The van der Waals surface area contributed by atoms with Crippen LogP contribution in [0.4, 0.5) is 0 Å². The number of aldehydes is 1. The molecule has 36 heavy (non-hydrogen) atoms. The molecule has 0 aromatic heterocycles. The van der Waals surface area contributed by atoms with E-state index < -0.39 is 0 Å². The van der Waals surface area contributed by atoms with Crippen LogP contribution in [0.3, 0.4) is 0 Å². The quantitative estimate of drug-likeness (QED) is 0.0937. The van der Waals surface area contributed by atoms with E-state index in [-0.39, 0.29) is 11.9 Å². The van der Waals surface area contributed by atoms with Gasteiger partial charge in [0.2, 0.25) is 0 Å². The van der Waals surface area contributed by atoms with Gasteiger partial charge in [0.15, 0.2) is 0 Å². The van der Waals surface area contributed by atoms with Crippen molar-refractivity contribution >= 4 is 12.3 Å². The fourth-order valence-electron chi connectivity index (χ4n) is 3.55. The summed E-state index contributed by atoms with van der Waals surface area (Å²) >= 11 is 0. The Morgan fingerprint density at radius 1 is 1.00 bits per heavy atom. The van der Waals surface area contributed by atoms with Crippen LogP contribution in [0.2, 0.25) is 0 Å². The van der Waals surface area contributed by atoms with Gasteiger partial charge < -0.3 is 14.2 Å². The van der Waals surface area contributed by atoms with E-state index in [0.717, 1.165) is 29.8 Å². The first-order chi connectivity index (χ1) is 17.3. The Bertz CT molecular complexity index is 1000. The third-order valence-electron chi connectivity index (χ3n) is 5.69. The van der Waals surface area contributed by atoms with Crippen molar-refractivity contribution in [3.8, 4) is 5.75 Å². The lowest BCUT2D eigenvalue weighted by Gasteiger charge is -2.19. The molecule has 2 rings (SSSR count). The summed E-state index contributed by atoms with van der Waals surface area (Å²) < 4.78 is 16.8. The molecule has 0 saturated carbocycles. The fraction of sp³-hybridized carbons (Fsp3) is 0.419. The minimum Gasteiger partial charge on any atom is -0.494 e. The summed E-state index contributed by atoms with van der Waals surface area (Å²) in [6.45, 7) is 15.2. The predicted octanol–water partition coefficient (Wildman–Crippen LogP) is 7.73. The van der Waals surface area contributed by atoms with Gasteiger partial charge >= 0.3 is 5.97 Å². The van der Waals surface area contributed by atoms with Crippen LogP contribution in [-0.2, 0) is 20.9 Å². The van der Waals surface area contributed by atoms with E-state index in [4.69, 9.17) is 14.2 Å². The maximum absolute atomic E-state index is 10.9. The summed E-state index contributed by atoms with van der Waals surface area (Å²) in [6, 6.07) is 13.4. The van der Waals surface area contributed by atoms with Crippen molar-refractivity contribution in [3.05, 3.63) is 88.2 Å². The molecule has 0 amide bonds. The normalized spacial score (nSPS) is 12.2. The molecule has 0 radical (unpaired) electrons. The number of rotatable bonds is 13. The van der Waals surface area contributed by atoms with Gasteiger partial charge in [-0.15, -0.1) is 0 Å². The SMILES string of the molecule is CC.CC/C=C(\C=C(\C)C(C)c1cccc(COc2ccc(C=O)cc2)c1C)OCCCOC(C)=O. The molecule has 2 aromatic carbocycles. The summed E-state index contributed by atoms with van der Waals surface area (Å²) in [5.74, 6) is 1.51. The third kappa shape index (κ3) is 10.5. The molecular weight excluding hydrogens is 452 g/mol. The summed E-state index contributed by atoms with van der Waals surface area (Å²) in [5.41, 5.74) is 5.41.